The van der Waals surface area contributed by atoms with Crippen LogP contribution in [0.25, 0.3) is 21.9 Å². The highest BCUT2D eigenvalue weighted by atomic mass is 19.1. The van der Waals surface area contributed by atoms with Crippen LogP contribution in [0.15, 0.2) is 66.7 Å². The van der Waals surface area contributed by atoms with E-state index >= 15 is 0 Å². The Labute approximate surface area is 244 Å². The first-order chi connectivity index (χ1) is 20.1. The average Bonchev–Trinajstić information content (AvgIpc) is 3.78. The fourth-order valence-electron chi connectivity index (χ4n) is 5.99. The molecule has 0 aliphatic heterocycles. The van der Waals surface area contributed by atoms with E-state index in [1.807, 2.05) is 42.5 Å². The number of aryl methyl sites for hydroxylation is 1. The van der Waals surface area contributed by atoms with Gasteiger partial charge in [-0.15, -0.1) is 0 Å². The van der Waals surface area contributed by atoms with Crippen molar-refractivity contribution < 1.29 is 28.6 Å². The van der Waals surface area contributed by atoms with Gasteiger partial charge in [0.1, 0.15) is 23.4 Å². The standard InChI is InChI=1S/C34H35FN2O5/c1-20-9-6-14-26(35)29(20)32(38)36-27(33(39)40)19-21-10-7-12-23-22(21)11-8-13-24(23)30-28(41-4)16-15-25(31(30)42-5)34(17-18-34)37(2)3/h6-16,27H,17-19H2,1-5H3,(H,36,38)(H,39,40)/t27-/m0/s1. The van der Waals surface area contributed by atoms with Crippen molar-refractivity contribution in [2.75, 3.05) is 28.3 Å². The second-order valence-corrected chi connectivity index (χ2v) is 11.0. The molecule has 0 radical (unpaired) electrons. The topological polar surface area (TPSA) is 88.1 Å². The largest absolute Gasteiger partial charge is 0.496 e. The Morgan fingerprint density at radius 2 is 1.67 bits per heavy atom. The number of carboxylic acid groups (broad SMARTS) is 1. The first kappa shape index (κ1) is 29.1. The molecule has 2 N–H and O–H groups in total. The number of benzene rings is 4. The SMILES string of the molecule is COc1ccc(C2(N(C)C)CC2)c(OC)c1-c1cccc2c(C[C@H](NC(=O)c3c(C)cccc3F)C(=O)O)cccc12. The summed E-state index contributed by atoms with van der Waals surface area (Å²) in [5, 5.41) is 14.3. The predicted octanol–water partition coefficient (Wildman–Crippen LogP) is 5.95. The summed E-state index contributed by atoms with van der Waals surface area (Å²) in [5.41, 5.74) is 3.70. The fraction of sp³-hybridized carbons (Fsp3) is 0.294. The quantitative estimate of drug-likeness (QED) is 0.245. The Balaban J connectivity index is 1.58. The molecule has 1 aliphatic carbocycles. The summed E-state index contributed by atoms with van der Waals surface area (Å²) in [6.07, 6.45) is 2.06. The molecule has 5 rings (SSSR count). The number of nitrogens with zero attached hydrogens (tertiary/aromatic N) is 1. The Morgan fingerprint density at radius 3 is 2.29 bits per heavy atom. The third-order valence-electron chi connectivity index (χ3n) is 8.38. The number of rotatable bonds is 10. The van der Waals surface area contributed by atoms with Crippen LogP contribution in [0.4, 0.5) is 4.39 Å². The van der Waals surface area contributed by atoms with E-state index in [-0.39, 0.29) is 17.5 Å². The van der Waals surface area contributed by atoms with Gasteiger partial charge in [0.2, 0.25) is 0 Å². The van der Waals surface area contributed by atoms with Crippen LogP contribution in [0.5, 0.6) is 11.5 Å². The van der Waals surface area contributed by atoms with Gasteiger partial charge in [-0.05, 0) is 79.5 Å². The van der Waals surface area contributed by atoms with Crippen LogP contribution in [0.1, 0.15) is 39.9 Å². The second kappa shape index (κ2) is 11.4. The van der Waals surface area contributed by atoms with Crippen LogP contribution in [-0.2, 0) is 16.8 Å². The summed E-state index contributed by atoms with van der Waals surface area (Å²) in [5.74, 6) is -1.26. The number of hydrogen-bond acceptors (Lipinski definition) is 5. The zero-order valence-corrected chi connectivity index (χ0v) is 24.5. The molecule has 4 aromatic carbocycles. The van der Waals surface area contributed by atoms with Crippen molar-refractivity contribution in [1.29, 1.82) is 0 Å². The molecule has 218 valence electrons. The molecule has 0 heterocycles. The van der Waals surface area contributed by atoms with Crippen molar-refractivity contribution >= 4 is 22.6 Å². The van der Waals surface area contributed by atoms with E-state index in [1.165, 1.54) is 12.1 Å². The number of amides is 1. The molecule has 1 aliphatic rings. The van der Waals surface area contributed by atoms with E-state index in [0.717, 1.165) is 51.6 Å². The van der Waals surface area contributed by atoms with Gasteiger partial charge in [-0.3, -0.25) is 9.69 Å². The maximum Gasteiger partial charge on any atom is 0.326 e. The molecule has 0 spiro atoms. The number of aliphatic carboxylic acids is 1. The van der Waals surface area contributed by atoms with E-state index in [0.29, 0.717) is 11.3 Å². The fourth-order valence-corrected chi connectivity index (χ4v) is 5.99. The molecule has 7 nitrogen and oxygen atoms in total. The lowest BCUT2D eigenvalue weighted by Gasteiger charge is -2.28. The van der Waals surface area contributed by atoms with Gasteiger partial charge in [-0.2, -0.15) is 0 Å². The molecule has 0 aromatic heterocycles. The maximum atomic E-state index is 14.4. The third-order valence-corrected chi connectivity index (χ3v) is 8.38. The first-order valence-electron chi connectivity index (χ1n) is 13.9. The van der Waals surface area contributed by atoms with Crippen LogP contribution in [0.2, 0.25) is 0 Å². The Hall–Kier alpha value is -4.43. The number of hydrogen-bond donors (Lipinski definition) is 2. The highest BCUT2D eigenvalue weighted by molar-refractivity contribution is 6.02. The number of carboxylic acids is 1. The Bertz CT molecular complexity index is 1660. The Kier molecular flexibility index (Phi) is 7.93. The number of halogens is 1. The van der Waals surface area contributed by atoms with Crippen molar-refractivity contribution in [2.24, 2.45) is 0 Å². The van der Waals surface area contributed by atoms with Crippen LogP contribution in [-0.4, -0.2) is 56.2 Å². The van der Waals surface area contributed by atoms with Crippen LogP contribution in [0, 0.1) is 12.7 Å². The number of methoxy groups -OCH3 is 2. The molecule has 0 bridgehead atoms. The van der Waals surface area contributed by atoms with Gasteiger partial charge < -0.3 is 19.9 Å². The molecular formula is C34H35FN2O5. The molecule has 0 unspecified atom stereocenters. The van der Waals surface area contributed by atoms with Gasteiger partial charge in [-0.25, -0.2) is 9.18 Å². The first-order valence-corrected chi connectivity index (χ1v) is 13.9. The second-order valence-electron chi connectivity index (χ2n) is 11.0. The van der Waals surface area contributed by atoms with Gasteiger partial charge in [0, 0.05) is 17.5 Å². The molecule has 1 fully saturated rings. The molecular weight excluding hydrogens is 535 g/mol. The summed E-state index contributed by atoms with van der Waals surface area (Å²) in [7, 11) is 7.45. The number of carbonyl (C=O) groups excluding carboxylic acids is 1. The predicted molar refractivity (Wildman–Crippen MR) is 161 cm³/mol. The number of fused-ring (bicyclic) bond motifs is 1. The van der Waals surface area contributed by atoms with Gasteiger partial charge in [0.15, 0.2) is 0 Å². The van der Waals surface area contributed by atoms with Crippen molar-refractivity contribution in [3.8, 4) is 22.6 Å². The smallest absolute Gasteiger partial charge is 0.326 e. The van der Waals surface area contributed by atoms with Gasteiger partial charge in [0.25, 0.3) is 5.91 Å². The summed E-state index contributed by atoms with van der Waals surface area (Å²) < 4.78 is 26.3. The minimum atomic E-state index is -1.27. The van der Waals surface area contributed by atoms with Crippen molar-refractivity contribution in [1.82, 2.24) is 10.2 Å². The molecule has 1 amide bonds. The van der Waals surface area contributed by atoms with E-state index in [2.05, 4.69) is 30.4 Å². The lowest BCUT2D eigenvalue weighted by molar-refractivity contribution is -0.139. The summed E-state index contributed by atoms with van der Waals surface area (Å²) in [4.78, 5) is 27.5. The van der Waals surface area contributed by atoms with Gasteiger partial charge in [0.05, 0.1) is 25.3 Å². The molecule has 8 heteroatoms. The summed E-state index contributed by atoms with van der Waals surface area (Å²) in [6.45, 7) is 1.61. The summed E-state index contributed by atoms with van der Waals surface area (Å²) in [6, 6.07) is 18.6. The number of ether oxygens (including phenoxy) is 2. The molecule has 1 saturated carbocycles. The number of nitrogens with one attached hydrogen (secondary N) is 1. The summed E-state index contributed by atoms with van der Waals surface area (Å²) >= 11 is 0. The van der Waals surface area contributed by atoms with E-state index in [9.17, 15) is 19.1 Å². The number of carbonyl (C=O) groups is 2. The highest BCUT2D eigenvalue weighted by Crippen LogP contribution is 2.56. The minimum absolute atomic E-state index is 0.00736. The molecule has 4 aromatic rings. The average molecular weight is 571 g/mol. The van der Waals surface area contributed by atoms with Crippen molar-refractivity contribution in [2.45, 2.75) is 37.8 Å². The van der Waals surface area contributed by atoms with Gasteiger partial charge in [-0.1, -0.05) is 48.5 Å². The lowest BCUT2D eigenvalue weighted by Crippen LogP contribution is -2.42. The van der Waals surface area contributed by atoms with Crippen LogP contribution >= 0.6 is 0 Å². The third kappa shape index (κ3) is 5.07. The van der Waals surface area contributed by atoms with E-state index in [4.69, 9.17) is 9.47 Å². The lowest BCUT2D eigenvalue weighted by atomic mass is 9.90. The van der Waals surface area contributed by atoms with Gasteiger partial charge >= 0.3 is 5.97 Å². The van der Waals surface area contributed by atoms with Crippen molar-refractivity contribution in [3.63, 3.8) is 0 Å². The molecule has 0 saturated heterocycles. The Morgan fingerprint density at radius 1 is 0.976 bits per heavy atom. The zero-order valence-electron chi connectivity index (χ0n) is 24.5. The van der Waals surface area contributed by atoms with E-state index in [1.54, 1.807) is 27.2 Å². The molecule has 42 heavy (non-hydrogen) atoms. The van der Waals surface area contributed by atoms with E-state index < -0.39 is 23.7 Å². The van der Waals surface area contributed by atoms with Crippen LogP contribution < -0.4 is 14.8 Å². The zero-order chi connectivity index (χ0) is 30.2. The maximum absolute atomic E-state index is 14.4. The highest BCUT2D eigenvalue weighted by Gasteiger charge is 2.49. The monoisotopic (exact) mass is 570 g/mol. The molecule has 1 atom stereocenters. The normalized spacial score (nSPS) is 14.5. The minimum Gasteiger partial charge on any atom is -0.496 e. The van der Waals surface area contributed by atoms with Crippen LogP contribution in [0.3, 0.4) is 0 Å². The van der Waals surface area contributed by atoms with Crippen molar-refractivity contribution in [3.05, 3.63) is 94.8 Å².